The van der Waals surface area contributed by atoms with Crippen LogP contribution in [0.5, 0.6) is 0 Å². The fourth-order valence-electron chi connectivity index (χ4n) is 3.38. The van der Waals surface area contributed by atoms with Gasteiger partial charge in [0.25, 0.3) is 0 Å². The monoisotopic (exact) mass is 403 g/mol. The molecule has 1 aromatic carbocycles. The van der Waals surface area contributed by atoms with Gasteiger partial charge in [-0.15, -0.1) is 0 Å². The van der Waals surface area contributed by atoms with Crippen LogP contribution < -0.4 is 10.2 Å². The fraction of sp³-hybridized carbons (Fsp3) is 0.450. The molecule has 1 amide bonds. The number of carbonyl (C=O) groups is 1. The number of carbonyl (C=O) groups excluding carboxylic acids is 1. The molecule has 3 rings (SSSR count). The van der Waals surface area contributed by atoms with Gasteiger partial charge < -0.3 is 10.2 Å². The molecule has 0 aliphatic carbocycles. The van der Waals surface area contributed by atoms with Gasteiger partial charge in [-0.3, -0.25) is 14.7 Å². The molecule has 1 saturated heterocycles. The number of nitrogens with one attached hydrogen (secondary N) is 1. The minimum absolute atomic E-state index is 0.0139. The van der Waals surface area contributed by atoms with Gasteiger partial charge in [0.05, 0.1) is 22.8 Å². The van der Waals surface area contributed by atoms with E-state index in [0.29, 0.717) is 54.4 Å². The van der Waals surface area contributed by atoms with Crippen molar-refractivity contribution < 1.29 is 9.18 Å². The summed E-state index contributed by atoms with van der Waals surface area (Å²) in [4.78, 5) is 20.3. The number of aromatic nitrogens is 1. The quantitative estimate of drug-likeness (QED) is 0.831. The third kappa shape index (κ3) is 4.18. The Morgan fingerprint density at radius 2 is 2.11 bits per heavy atom. The fourth-order valence-corrected chi connectivity index (χ4v) is 3.62. The average molecular weight is 404 g/mol. The Bertz CT molecular complexity index is 921. The predicted molar refractivity (Wildman–Crippen MR) is 108 cm³/mol. The number of nitriles is 1. The van der Waals surface area contributed by atoms with Gasteiger partial charge in [0, 0.05) is 43.8 Å². The summed E-state index contributed by atoms with van der Waals surface area (Å²) in [6.07, 6.45) is 2.28. The van der Waals surface area contributed by atoms with Crippen LogP contribution in [0.1, 0.15) is 25.8 Å². The molecule has 0 saturated carbocycles. The van der Waals surface area contributed by atoms with E-state index in [1.54, 1.807) is 0 Å². The minimum Gasteiger partial charge on any atom is -0.367 e. The molecule has 1 unspecified atom stereocenters. The van der Waals surface area contributed by atoms with E-state index in [-0.39, 0.29) is 17.5 Å². The molecular weight excluding hydrogens is 381 g/mol. The van der Waals surface area contributed by atoms with Crippen molar-refractivity contribution in [2.45, 2.75) is 26.3 Å². The van der Waals surface area contributed by atoms with E-state index in [1.807, 2.05) is 18.7 Å². The zero-order valence-corrected chi connectivity index (χ0v) is 16.8. The molecule has 1 aliphatic heterocycles. The predicted octanol–water partition coefficient (Wildman–Crippen LogP) is 2.94. The largest absolute Gasteiger partial charge is 0.367 e. The van der Waals surface area contributed by atoms with Crippen LogP contribution in [-0.4, -0.2) is 54.6 Å². The van der Waals surface area contributed by atoms with Crippen LogP contribution in [0.25, 0.3) is 10.9 Å². The first-order valence-electron chi connectivity index (χ1n) is 9.38. The van der Waals surface area contributed by atoms with E-state index in [0.717, 1.165) is 6.42 Å². The minimum atomic E-state index is -0.467. The lowest BCUT2D eigenvalue weighted by Gasteiger charge is -2.36. The number of benzene rings is 1. The zero-order valence-electron chi connectivity index (χ0n) is 16.0. The molecule has 1 aromatic heterocycles. The van der Waals surface area contributed by atoms with E-state index in [1.165, 1.54) is 18.3 Å². The van der Waals surface area contributed by atoms with Gasteiger partial charge in [-0.2, -0.15) is 5.26 Å². The van der Waals surface area contributed by atoms with E-state index in [2.05, 4.69) is 21.3 Å². The number of hydrogen-bond acceptors (Lipinski definition) is 5. The molecule has 6 nitrogen and oxygen atoms in total. The number of nitrogens with zero attached hydrogens (tertiary/aromatic N) is 4. The van der Waals surface area contributed by atoms with Crippen LogP contribution in [0.2, 0.25) is 5.02 Å². The summed E-state index contributed by atoms with van der Waals surface area (Å²) in [5.41, 5.74) is 1.14. The van der Waals surface area contributed by atoms with Crippen molar-refractivity contribution in [2.24, 2.45) is 0 Å². The third-order valence-electron chi connectivity index (χ3n) is 5.09. The SMILES string of the molecule is CCC(C)NC(=O)CN1CCN(c2c(C#N)cnc3c(F)ccc(Cl)c23)CC1. The lowest BCUT2D eigenvalue weighted by atomic mass is 10.1. The lowest BCUT2D eigenvalue weighted by molar-refractivity contribution is -0.122. The Morgan fingerprint density at radius 3 is 2.75 bits per heavy atom. The molecule has 0 spiro atoms. The molecule has 28 heavy (non-hydrogen) atoms. The Balaban J connectivity index is 1.79. The second-order valence-electron chi connectivity index (χ2n) is 7.03. The van der Waals surface area contributed by atoms with Gasteiger partial charge in [-0.1, -0.05) is 18.5 Å². The maximum absolute atomic E-state index is 14.2. The Morgan fingerprint density at radius 1 is 1.39 bits per heavy atom. The smallest absolute Gasteiger partial charge is 0.234 e. The highest BCUT2D eigenvalue weighted by Gasteiger charge is 2.25. The Kier molecular flexibility index (Phi) is 6.32. The number of halogens is 2. The molecule has 2 aromatic rings. The van der Waals surface area contributed by atoms with Crippen LogP contribution in [0.3, 0.4) is 0 Å². The maximum Gasteiger partial charge on any atom is 0.234 e. The van der Waals surface area contributed by atoms with E-state index < -0.39 is 5.82 Å². The first kappa shape index (κ1) is 20.3. The van der Waals surface area contributed by atoms with Gasteiger partial charge in [-0.05, 0) is 25.5 Å². The third-order valence-corrected chi connectivity index (χ3v) is 5.40. The molecule has 0 radical (unpaired) electrons. The summed E-state index contributed by atoms with van der Waals surface area (Å²) in [5, 5.41) is 13.3. The number of hydrogen-bond donors (Lipinski definition) is 1. The normalized spacial score (nSPS) is 16.0. The highest BCUT2D eigenvalue weighted by Crippen LogP contribution is 2.36. The molecule has 1 N–H and O–H groups in total. The molecule has 1 aliphatic rings. The Labute approximate surface area is 168 Å². The van der Waals surface area contributed by atoms with Crippen molar-refractivity contribution in [3.8, 4) is 6.07 Å². The van der Waals surface area contributed by atoms with Gasteiger partial charge in [0.15, 0.2) is 0 Å². The van der Waals surface area contributed by atoms with Crippen molar-refractivity contribution in [3.05, 3.63) is 34.7 Å². The molecule has 0 bridgehead atoms. The number of piperazine rings is 1. The number of pyridine rings is 1. The van der Waals surface area contributed by atoms with Crippen LogP contribution >= 0.6 is 11.6 Å². The lowest BCUT2D eigenvalue weighted by Crippen LogP contribution is -2.50. The molecular formula is C20H23ClFN5O. The van der Waals surface area contributed by atoms with Crippen LogP contribution in [0, 0.1) is 17.1 Å². The standard InChI is InChI=1S/C20H23ClFN5O/c1-3-13(2)25-17(28)12-26-6-8-27(9-7-26)20-14(10-23)11-24-19-16(22)5-4-15(21)18(19)20/h4-5,11,13H,3,6-9,12H2,1-2H3,(H,25,28). The van der Waals surface area contributed by atoms with Crippen LogP contribution in [0.4, 0.5) is 10.1 Å². The summed E-state index contributed by atoms with van der Waals surface area (Å²) in [6.45, 7) is 6.90. The van der Waals surface area contributed by atoms with Crippen LogP contribution in [0.15, 0.2) is 18.3 Å². The van der Waals surface area contributed by atoms with Gasteiger partial charge in [0.1, 0.15) is 17.4 Å². The number of amides is 1. The molecule has 2 heterocycles. The van der Waals surface area contributed by atoms with Crippen molar-refractivity contribution in [3.63, 3.8) is 0 Å². The van der Waals surface area contributed by atoms with Gasteiger partial charge in [0.2, 0.25) is 5.91 Å². The maximum atomic E-state index is 14.2. The summed E-state index contributed by atoms with van der Waals surface area (Å²) < 4.78 is 14.2. The summed E-state index contributed by atoms with van der Waals surface area (Å²) in [7, 11) is 0. The van der Waals surface area contributed by atoms with Gasteiger partial charge >= 0.3 is 0 Å². The van der Waals surface area contributed by atoms with Crippen molar-refractivity contribution in [1.82, 2.24) is 15.2 Å². The Hall–Kier alpha value is -2.43. The molecule has 1 fully saturated rings. The molecule has 1 atom stereocenters. The average Bonchev–Trinajstić information content (AvgIpc) is 2.70. The van der Waals surface area contributed by atoms with Crippen LogP contribution in [-0.2, 0) is 4.79 Å². The van der Waals surface area contributed by atoms with Gasteiger partial charge in [-0.25, -0.2) is 4.39 Å². The number of rotatable bonds is 5. The number of fused-ring (bicyclic) bond motifs is 1. The van der Waals surface area contributed by atoms with E-state index >= 15 is 0 Å². The first-order valence-corrected chi connectivity index (χ1v) is 9.75. The second kappa shape index (κ2) is 8.72. The zero-order chi connectivity index (χ0) is 20.3. The summed E-state index contributed by atoms with van der Waals surface area (Å²) >= 11 is 6.34. The van der Waals surface area contributed by atoms with Crippen molar-refractivity contribution in [1.29, 1.82) is 5.26 Å². The molecule has 8 heteroatoms. The van der Waals surface area contributed by atoms with Crippen molar-refractivity contribution >= 4 is 34.1 Å². The summed E-state index contributed by atoms with van der Waals surface area (Å²) in [5.74, 6) is -0.453. The van der Waals surface area contributed by atoms with E-state index in [9.17, 15) is 14.4 Å². The van der Waals surface area contributed by atoms with E-state index in [4.69, 9.17) is 11.6 Å². The summed E-state index contributed by atoms with van der Waals surface area (Å²) in [6, 6.07) is 5.07. The highest BCUT2D eigenvalue weighted by molar-refractivity contribution is 6.36. The number of anilines is 1. The topological polar surface area (TPSA) is 72.3 Å². The van der Waals surface area contributed by atoms with Crippen molar-refractivity contribution in [2.75, 3.05) is 37.6 Å². The first-order chi connectivity index (χ1) is 13.4. The highest BCUT2D eigenvalue weighted by atomic mass is 35.5. The molecule has 148 valence electrons. The second-order valence-corrected chi connectivity index (χ2v) is 7.43.